The zero-order chi connectivity index (χ0) is 71.0. The summed E-state index contributed by atoms with van der Waals surface area (Å²) in [6, 6.07) is 8.73. The molecule has 2 saturated heterocycles. The lowest BCUT2D eigenvalue weighted by molar-refractivity contribution is -0.148. The van der Waals surface area contributed by atoms with Crippen LogP contribution < -0.4 is 37.6 Å². The Morgan fingerprint density at radius 1 is 0.747 bits per heavy atom. The van der Waals surface area contributed by atoms with Gasteiger partial charge in [-0.25, -0.2) is 9.59 Å². The molecule has 13 atom stereocenters. The SMILES string of the molecule is CC[C@H](C)[C@@H]([C@@H](CC(=O)N1CCC[C@H]1[C@H](OC)C(C)C(=O)NC(C)C(O)c1ccccc1)OC)N(C)C(=O)[C@@H](NC(=O)[C@H](C(C)C)N(C)C(=O)OCc1ccc(NC(=O)[C@H](CCCNC(N)=O)NC(=O)C(NC(=O)CCCCCN2C(=O)CC(S)C2=O)C(C)C)cc1)C(C)C. The number of nitrogens with one attached hydrogen (secondary N) is 6. The first kappa shape index (κ1) is 80.1. The Hall–Kier alpha value is -7.36. The van der Waals surface area contributed by atoms with Crippen molar-refractivity contribution < 1.29 is 72.1 Å². The number of urea groups is 1. The number of rotatable bonds is 38. The van der Waals surface area contributed by atoms with Crippen molar-refractivity contribution in [3.8, 4) is 0 Å². The van der Waals surface area contributed by atoms with E-state index in [9.17, 15) is 57.8 Å². The van der Waals surface area contributed by atoms with Gasteiger partial charge in [0.25, 0.3) is 0 Å². The van der Waals surface area contributed by atoms with Gasteiger partial charge in [-0.15, -0.1) is 0 Å². The fourth-order valence-electron chi connectivity index (χ4n) is 12.3. The Balaban J connectivity index is 1.37. The number of primary amides is 1. The van der Waals surface area contributed by atoms with E-state index in [1.54, 1.807) is 109 Å². The number of aliphatic hydroxyl groups is 1. The predicted molar refractivity (Wildman–Crippen MR) is 362 cm³/mol. The van der Waals surface area contributed by atoms with E-state index in [2.05, 4.69) is 44.5 Å². The van der Waals surface area contributed by atoms with Crippen LogP contribution in [0.1, 0.15) is 157 Å². The molecule has 2 aliphatic heterocycles. The number of nitrogens with zero attached hydrogens (tertiary/aromatic N) is 4. The van der Waals surface area contributed by atoms with Crippen LogP contribution in [0, 0.1) is 29.6 Å². The van der Waals surface area contributed by atoms with Gasteiger partial charge >= 0.3 is 12.1 Å². The van der Waals surface area contributed by atoms with E-state index in [0.29, 0.717) is 61.9 Å². The number of hydrogen-bond acceptors (Lipinski definition) is 16. The van der Waals surface area contributed by atoms with Crippen LogP contribution in [-0.2, 0) is 64.0 Å². The molecule has 95 heavy (non-hydrogen) atoms. The number of carbonyl (C=O) groups excluding carboxylic acids is 11. The van der Waals surface area contributed by atoms with Crippen LogP contribution in [0.2, 0.25) is 0 Å². The van der Waals surface area contributed by atoms with Gasteiger partial charge in [0.1, 0.15) is 30.8 Å². The Labute approximate surface area is 566 Å². The molecule has 0 saturated carbocycles. The van der Waals surface area contributed by atoms with Gasteiger partial charge in [-0.05, 0) is 92.4 Å². The minimum atomic E-state index is -1.12. The van der Waals surface area contributed by atoms with E-state index < -0.39 is 125 Å². The maximum absolute atomic E-state index is 14.8. The number of unbranched alkanes of at least 4 members (excludes halogenated alkanes) is 2. The Morgan fingerprint density at radius 3 is 1.97 bits per heavy atom. The maximum Gasteiger partial charge on any atom is 0.410 e. The third-order valence-corrected chi connectivity index (χ3v) is 18.4. The molecule has 12 amide bonds. The third kappa shape index (κ3) is 23.5. The van der Waals surface area contributed by atoms with Crippen molar-refractivity contribution in [2.45, 2.75) is 212 Å². The van der Waals surface area contributed by atoms with Crippen molar-refractivity contribution >= 4 is 83.6 Å². The van der Waals surface area contributed by atoms with E-state index >= 15 is 0 Å². The molecule has 5 unspecified atom stereocenters. The van der Waals surface area contributed by atoms with Crippen LogP contribution >= 0.6 is 12.6 Å². The molecule has 9 N–H and O–H groups in total. The molecular weight excluding hydrogens is 1240 g/mol. The summed E-state index contributed by atoms with van der Waals surface area (Å²) in [5.41, 5.74) is 6.77. The fraction of sp³-hybridized carbons (Fsp3) is 0.662. The number of nitrogens with two attached hydrogens (primary N) is 1. The number of ether oxygens (including phenoxy) is 3. The highest BCUT2D eigenvalue weighted by atomic mass is 32.1. The number of methoxy groups -OCH3 is 2. The lowest BCUT2D eigenvalue weighted by Gasteiger charge is -2.41. The van der Waals surface area contributed by atoms with E-state index in [0.717, 1.165) is 0 Å². The van der Waals surface area contributed by atoms with Crippen LogP contribution in [0.25, 0.3) is 0 Å². The molecule has 2 aromatic carbocycles. The maximum atomic E-state index is 14.8. The number of anilines is 1. The van der Waals surface area contributed by atoms with E-state index in [1.807, 2.05) is 32.0 Å². The zero-order valence-corrected chi connectivity index (χ0v) is 58.9. The number of likely N-dealkylation sites (tertiary alicyclic amines) is 2. The first-order chi connectivity index (χ1) is 44.9. The van der Waals surface area contributed by atoms with Crippen LogP contribution in [-0.4, -0.2) is 198 Å². The summed E-state index contributed by atoms with van der Waals surface area (Å²) in [5, 5.41) is 27.0. The summed E-state index contributed by atoms with van der Waals surface area (Å²) in [6.45, 7) is 18.6. The molecule has 0 radical (unpaired) electrons. The van der Waals surface area contributed by atoms with Gasteiger partial charge < -0.3 is 66.8 Å². The second-order valence-corrected chi connectivity index (χ2v) is 26.8. The van der Waals surface area contributed by atoms with Crippen molar-refractivity contribution in [2.24, 2.45) is 35.3 Å². The van der Waals surface area contributed by atoms with Crippen LogP contribution in [0.5, 0.6) is 0 Å². The van der Waals surface area contributed by atoms with Gasteiger partial charge in [-0.1, -0.05) is 118 Å². The summed E-state index contributed by atoms with van der Waals surface area (Å²) in [6.07, 6.45) is 0.559. The fourth-order valence-corrected chi connectivity index (χ4v) is 12.6. The minimum absolute atomic E-state index is 0.0628. The molecule has 4 rings (SSSR count). The molecule has 530 valence electrons. The molecule has 0 bridgehead atoms. The highest BCUT2D eigenvalue weighted by molar-refractivity contribution is 7.81. The van der Waals surface area contributed by atoms with Crippen molar-refractivity contribution in [2.75, 3.05) is 53.3 Å². The van der Waals surface area contributed by atoms with Gasteiger partial charge in [0, 0.05) is 66.5 Å². The number of thiol groups is 1. The van der Waals surface area contributed by atoms with Crippen LogP contribution in [0.15, 0.2) is 54.6 Å². The van der Waals surface area contributed by atoms with Gasteiger partial charge in [0.05, 0.1) is 54.0 Å². The number of amides is 12. The molecule has 2 aliphatic rings. The molecule has 0 spiro atoms. The summed E-state index contributed by atoms with van der Waals surface area (Å²) in [5.74, 6) is -5.88. The van der Waals surface area contributed by atoms with Crippen LogP contribution in [0.4, 0.5) is 15.3 Å². The summed E-state index contributed by atoms with van der Waals surface area (Å²) in [7, 11) is 6.08. The molecule has 2 aromatic rings. The summed E-state index contributed by atoms with van der Waals surface area (Å²) >= 11 is 4.15. The second kappa shape index (κ2) is 39.0. The van der Waals surface area contributed by atoms with E-state index in [1.165, 1.54) is 31.1 Å². The second-order valence-electron chi connectivity index (χ2n) is 26.2. The largest absolute Gasteiger partial charge is 0.445 e. The van der Waals surface area contributed by atoms with Crippen LogP contribution in [0.3, 0.4) is 0 Å². The first-order valence-electron chi connectivity index (χ1n) is 33.3. The number of carbonyl (C=O) groups is 11. The lowest BCUT2D eigenvalue weighted by Crippen LogP contribution is -2.60. The van der Waals surface area contributed by atoms with Crippen molar-refractivity contribution in [3.05, 3.63) is 65.7 Å². The first-order valence-corrected chi connectivity index (χ1v) is 33.8. The monoisotopic (exact) mass is 1350 g/mol. The quantitative estimate of drug-likeness (QED) is 0.0237. The highest BCUT2D eigenvalue weighted by Crippen LogP contribution is 2.31. The normalized spacial score (nSPS) is 18.3. The predicted octanol–water partition coefficient (Wildman–Crippen LogP) is 5.21. The molecule has 27 heteroatoms. The molecule has 2 fully saturated rings. The van der Waals surface area contributed by atoms with E-state index in [4.69, 9.17) is 19.9 Å². The third-order valence-electron chi connectivity index (χ3n) is 18.0. The van der Waals surface area contributed by atoms with Gasteiger partial charge in [0.2, 0.25) is 53.2 Å². The van der Waals surface area contributed by atoms with Crippen molar-refractivity contribution in [1.82, 2.24) is 46.2 Å². The van der Waals surface area contributed by atoms with E-state index in [-0.39, 0.29) is 87.3 Å². The van der Waals surface area contributed by atoms with Crippen molar-refractivity contribution in [1.29, 1.82) is 0 Å². The summed E-state index contributed by atoms with van der Waals surface area (Å²) in [4.78, 5) is 153. The smallest absolute Gasteiger partial charge is 0.410 e. The number of aliphatic hydroxyl groups excluding tert-OH is 1. The molecule has 0 aromatic heterocycles. The molecule has 26 nitrogen and oxygen atoms in total. The number of benzene rings is 2. The average molecular weight is 1350 g/mol. The Morgan fingerprint density at radius 2 is 1.40 bits per heavy atom. The number of likely N-dealkylation sites (N-methyl/N-ethyl adjacent to an activating group) is 2. The molecule has 0 aliphatic carbocycles. The average Bonchev–Trinajstić information content (AvgIpc) is 1.78. The molecular formula is C68H107N11O15S. The topological polar surface area (TPSA) is 347 Å². The zero-order valence-electron chi connectivity index (χ0n) is 58.0. The van der Waals surface area contributed by atoms with Gasteiger partial charge in [-0.3, -0.25) is 53.0 Å². The standard InChI is InChI=1S/C68H107N11O15S/c1-15-42(8)58(50(92-13)36-53(81)78-35-23-27-49(78)60(93-14)43(9)61(84)71-44(10)59(83)46-24-18-16-19-25-46)76(11)66(89)56(40(4)5)75-64(87)57(41(6)7)77(12)68(91)94-38-45-29-31-47(32-30-45)72-62(85)48(26-22-33-70-67(69)90)73-63(86)55(39(2)3)74-52(80)28-20-17-21-34-79-54(82)37-51(95)65(79)88/h16,18-19,24-25,29-32,39-44,48-51,55-60,83,95H,15,17,20-23,26-28,33-38H2,1-14H3,(H,71,84)(H,72,85)(H,73,86)(H,74,80)(H,75,87)(H3,69,70,90)/t42-,43?,44?,48-,49-,50+,51?,55?,56-,57-,58-,59?,60+/m0/s1. The highest BCUT2D eigenvalue weighted by Gasteiger charge is 2.44. The number of imide groups is 1. The minimum Gasteiger partial charge on any atom is -0.445 e. The Kier molecular flexibility index (Phi) is 32.9. The van der Waals surface area contributed by atoms with Crippen molar-refractivity contribution in [3.63, 3.8) is 0 Å². The number of hydrogen-bond donors (Lipinski definition) is 9. The van der Waals surface area contributed by atoms with Gasteiger partial charge in [-0.2, -0.15) is 12.6 Å². The van der Waals surface area contributed by atoms with Gasteiger partial charge in [0.15, 0.2) is 0 Å². The lowest BCUT2D eigenvalue weighted by atomic mass is 9.89. The molecule has 2 heterocycles. The summed E-state index contributed by atoms with van der Waals surface area (Å²) < 4.78 is 17.8. The Bertz CT molecular complexity index is 2890.